The summed E-state index contributed by atoms with van der Waals surface area (Å²) in [5, 5.41) is 12.4. The molecular weight excluding hydrogens is 222 g/mol. The van der Waals surface area contributed by atoms with Gasteiger partial charge in [-0.15, -0.1) is 12.6 Å². The molecule has 0 spiro atoms. The molecule has 0 radical (unpaired) electrons. The Morgan fingerprint density at radius 1 is 1.56 bits per heavy atom. The molecule has 1 atom stereocenters. The number of benzene rings is 1. The molecule has 4 heteroatoms. The topological polar surface area (TPSA) is 49.3 Å². The van der Waals surface area contributed by atoms with E-state index in [1.54, 1.807) is 0 Å². The number of aliphatic carboxylic acids is 1. The molecule has 0 aromatic heterocycles. The van der Waals surface area contributed by atoms with Crippen LogP contribution in [-0.4, -0.2) is 23.2 Å². The van der Waals surface area contributed by atoms with Crippen LogP contribution >= 0.6 is 12.6 Å². The van der Waals surface area contributed by atoms with E-state index < -0.39 is 11.5 Å². The molecule has 16 heavy (non-hydrogen) atoms. The Balaban J connectivity index is 2.21. The summed E-state index contributed by atoms with van der Waals surface area (Å²) in [6.07, 6.45) is 2.14. The highest BCUT2D eigenvalue weighted by Crippen LogP contribution is 2.25. The number of thiol groups is 1. The molecule has 2 rings (SSSR count). The average Bonchev–Trinajstić information content (AvgIpc) is 2.67. The molecule has 1 saturated heterocycles. The second kappa shape index (κ2) is 4.47. The van der Waals surface area contributed by atoms with Crippen molar-refractivity contribution in [2.45, 2.75) is 29.7 Å². The molecule has 1 aromatic rings. The van der Waals surface area contributed by atoms with Gasteiger partial charge in [-0.1, -0.05) is 12.1 Å². The van der Waals surface area contributed by atoms with E-state index in [0.29, 0.717) is 12.8 Å². The SMILES string of the molecule is O=C(O)[C@]1(Cc2cccc(S)c2)CCCN1. The average molecular weight is 237 g/mol. The summed E-state index contributed by atoms with van der Waals surface area (Å²) in [6.45, 7) is 0.785. The van der Waals surface area contributed by atoms with Gasteiger partial charge in [0.25, 0.3) is 0 Å². The van der Waals surface area contributed by atoms with Gasteiger partial charge in [0.15, 0.2) is 0 Å². The van der Waals surface area contributed by atoms with Gasteiger partial charge in [-0.3, -0.25) is 4.79 Å². The van der Waals surface area contributed by atoms with Gasteiger partial charge in [0, 0.05) is 11.3 Å². The van der Waals surface area contributed by atoms with Crippen LogP contribution in [0.2, 0.25) is 0 Å². The fourth-order valence-corrected chi connectivity index (χ4v) is 2.48. The van der Waals surface area contributed by atoms with Crippen LogP contribution in [0, 0.1) is 0 Å². The summed E-state index contributed by atoms with van der Waals surface area (Å²) in [7, 11) is 0. The lowest BCUT2D eigenvalue weighted by Gasteiger charge is -2.24. The van der Waals surface area contributed by atoms with Crippen LogP contribution in [0.15, 0.2) is 29.2 Å². The first-order chi connectivity index (χ1) is 7.62. The maximum absolute atomic E-state index is 11.3. The number of carbonyl (C=O) groups is 1. The number of hydrogen-bond acceptors (Lipinski definition) is 3. The van der Waals surface area contributed by atoms with Gasteiger partial charge >= 0.3 is 5.97 Å². The highest BCUT2D eigenvalue weighted by molar-refractivity contribution is 7.80. The molecular formula is C12H15NO2S. The Morgan fingerprint density at radius 2 is 2.38 bits per heavy atom. The second-order valence-corrected chi connectivity index (χ2v) is 4.78. The minimum atomic E-state index is -0.776. The van der Waals surface area contributed by atoms with Gasteiger partial charge in [-0.05, 0) is 37.1 Å². The predicted molar refractivity (Wildman–Crippen MR) is 65.0 cm³/mol. The van der Waals surface area contributed by atoms with Gasteiger partial charge in [0.05, 0.1) is 0 Å². The highest BCUT2D eigenvalue weighted by Gasteiger charge is 2.40. The van der Waals surface area contributed by atoms with Crippen LogP contribution in [0.5, 0.6) is 0 Å². The Bertz CT molecular complexity index is 400. The summed E-state index contributed by atoms with van der Waals surface area (Å²) in [4.78, 5) is 12.2. The van der Waals surface area contributed by atoms with Crippen LogP contribution in [0.4, 0.5) is 0 Å². The largest absolute Gasteiger partial charge is 0.480 e. The normalized spacial score (nSPS) is 24.6. The number of rotatable bonds is 3. The van der Waals surface area contributed by atoms with E-state index in [-0.39, 0.29) is 0 Å². The van der Waals surface area contributed by atoms with Crippen molar-refractivity contribution < 1.29 is 9.90 Å². The standard InChI is InChI=1S/C12H15NO2S/c14-11(15)12(5-2-6-13-12)8-9-3-1-4-10(16)7-9/h1,3-4,7,13,16H,2,5-6,8H2,(H,14,15)/t12-/m1/s1. The smallest absolute Gasteiger partial charge is 0.324 e. The maximum Gasteiger partial charge on any atom is 0.324 e. The van der Waals surface area contributed by atoms with Crippen LogP contribution in [-0.2, 0) is 11.2 Å². The Morgan fingerprint density at radius 3 is 2.94 bits per heavy atom. The first-order valence-electron chi connectivity index (χ1n) is 5.39. The quantitative estimate of drug-likeness (QED) is 0.702. The van der Waals surface area contributed by atoms with Gasteiger partial charge in [-0.25, -0.2) is 0 Å². The predicted octanol–water partition coefficient (Wildman–Crippen LogP) is 1.72. The highest BCUT2D eigenvalue weighted by atomic mass is 32.1. The van der Waals surface area contributed by atoms with E-state index >= 15 is 0 Å². The lowest BCUT2D eigenvalue weighted by Crippen LogP contribution is -2.49. The molecule has 2 N–H and O–H groups in total. The number of nitrogens with one attached hydrogen (secondary N) is 1. The maximum atomic E-state index is 11.3. The summed E-state index contributed by atoms with van der Waals surface area (Å²) in [5.74, 6) is -0.755. The van der Waals surface area contributed by atoms with Gasteiger partial charge in [0.1, 0.15) is 5.54 Å². The van der Waals surface area contributed by atoms with Crippen molar-refractivity contribution in [1.82, 2.24) is 5.32 Å². The Kier molecular flexibility index (Phi) is 3.21. The minimum absolute atomic E-state index is 0.525. The minimum Gasteiger partial charge on any atom is -0.480 e. The van der Waals surface area contributed by atoms with E-state index in [4.69, 9.17) is 0 Å². The molecule has 1 aromatic carbocycles. The molecule has 1 heterocycles. The second-order valence-electron chi connectivity index (χ2n) is 4.26. The number of carboxylic acids is 1. The number of hydrogen-bond donors (Lipinski definition) is 3. The van der Waals surface area contributed by atoms with Crippen LogP contribution in [0.25, 0.3) is 0 Å². The third-order valence-corrected chi connectivity index (χ3v) is 3.35. The zero-order valence-corrected chi connectivity index (χ0v) is 9.83. The summed E-state index contributed by atoms with van der Waals surface area (Å²) >= 11 is 4.26. The molecule has 3 nitrogen and oxygen atoms in total. The Hall–Kier alpha value is -1.00. The molecule has 0 unspecified atom stereocenters. The third kappa shape index (κ3) is 2.23. The lowest BCUT2D eigenvalue weighted by molar-refractivity contribution is -0.144. The van der Waals surface area contributed by atoms with Crippen molar-refractivity contribution in [2.75, 3.05) is 6.54 Å². The van der Waals surface area contributed by atoms with E-state index in [1.807, 2.05) is 24.3 Å². The molecule has 0 saturated carbocycles. The van der Waals surface area contributed by atoms with Crippen molar-refractivity contribution in [3.63, 3.8) is 0 Å². The van der Waals surface area contributed by atoms with Crippen molar-refractivity contribution >= 4 is 18.6 Å². The van der Waals surface area contributed by atoms with Crippen molar-refractivity contribution in [3.05, 3.63) is 29.8 Å². The molecule has 86 valence electrons. The van der Waals surface area contributed by atoms with E-state index in [9.17, 15) is 9.90 Å². The zero-order valence-electron chi connectivity index (χ0n) is 8.94. The zero-order chi connectivity index (χ0) is 11.6. The third-order valence-electron chi connectivity index (χ3n) is 3.07. The van der Waals surface area contributed by atoms with Crippen molar-refractivity contribution in [1.29, 1.82) is 0 Å². The molecule has 0 amide bonds. The first kappa shape index (κ1) is 11.5. The molecule has 1 aliphatic rings. The molecule has 0 aliphatic carbocycles. The van der Waals surface area contributed by atoms with E-state index in [1.165, 1.54) is 0 Å². The number of carboxylic acid groups (broad SMARTS) is 1. The fourth-order valence-electron chi connectivity index (χ4n) is 2.23. The van der Waals surface area contributed by atoms with Crippen LogP contribution in [0.3, 0.4) is 0 Å². The monoisotopic (exact) mass is 237 g/mol. The molecule has 0 bridgehead atoms. The summed E-state index contributed by atoms with van der Waals surface area (Å²) in [6, 6.07) is 7.67. The van der Waals surface area contributed by atoms with E-state index in [0.717, 1.165) is 23.4 Å². The summed E-state index contributed by atoms with van der Waals surface area (Å²) < 4.78 is 0. The molecule has 1 fully saturated rings. The fraction of sp³-hybridized carbons (Fsp3) is 0.417. The first-order valence-corrected chi connectivity index (χ1v) is 5.83. The van der Waals surface area contributed by atoms with Crippen molar-refractivity contribution in [3.8, 4) is 0 Å². The lowest BCUT2D eigenvalue weighted by atomic mass is 9.89. The van der Waals surface area contributed by atoms with Gasteiger partial charge < -0.3 is 10.4 Å². The van der Waals surface area contributed by atoms with Crippen LogP contribution in [0.1, 0.15) is 18.4 Å². The van der Waals surface area contributed by atoms with Gasteiger partial charge in [0.2, 0.25) is 0 Å². The van der Waals surface area contributed by atoms with Crippen LogP contribution < -0.4 is 5.32 Å². The van der Waals surface area contributed by atoms with Gasteiger partial charge in [-0.2, -0.15) is 0 Å². The van der Waals surface area contributed by atoms with E-state index in [2.05, 4.69) is 17.9 Å². The van der Waals surface area contributed by atoms with Crippen molar-refractivity contribution in [2.24, 2.45) is 0 Å². The molecule has 1 aliphatic heterocycles. The summed E-state index contributed by atoms with van der Waals surface area (Å²) in [5.41, 5.74) is 0.242. The Labute approximate surface area is 100 Å².